The number of nitrogens with one attached hydrogen (secondary N) is 2. The van der Waals surface area contributed by atoms with E-state index in [0.717, 1.165) is 0 Å². The van der Waals surface area contributed by atoms with Gasteiger partial charge in [0.15, 0.2) is 5.69 Å². The van der Waals surface area contributed by atoms with Crippen molar-refractivity contribution in [3.05, 3.63) is 28.3 Å². The Labute approximate surface area is 114 Å². The molecule has 0 atom stereocenters. The summed E-state index contributed by atoms with van der Waals surface area (Å²) in [6, 6.07) is 1.59. The molecule has 19 heavy (non-hydrogen) atoms. The Balaban J connectivity index is 2.23. The average molecular weight is 281 g/mol. The number of aromatic nitrogens is 4. The summed E-state index contributed by atoms with van der Waals surface area (Å²) in [6.07, 6.45) is 0.666. The summed E-state index contributed by atoms with van der Waals surface area (Å²) in [5, 5.41) is 9.35. The summed E-state index contributed by atoms with van der Waals surface area (Å²) in [4.78, 5) is 19.9. The van der Waals surface area contributed by atoms with Crippen LogP contribution in [0.5, 0.6) is 0 Å². The zero-order valence-electron chi connectivity index (χ0n) is 10.5. The molecule has 8 heteroatoms. The number of rotatable bonds is 3. The first-order valence-electron chi connectivity index (χ1n) is 5.66. The summed E-state index contributed by atoms with van der Waals surface area (Å²) >= 11 is 5.79. The Hall–Kier alpha value is -2.15. The number of aryl methyl sites for hydroxylation is 2. The standard InChI is InChI=1S/C11H13ClN6O/c1-3-6-8(13)9(18-17-6)10(19)16-11-14-5(2)4-7(12)15-11/h4H,3,13H2,1-2H3,(H,17,18)(H,14,15,16,19). The monoisotopic (exact) mass is 280 g/mol. The molecule has 4 N–H and O–H groups in total. The van der Waals surface area contributed by atoms with Crippen LogP contribution in [-0.4, -0.2) is 26.1 Å². The third-order valence-electron chi connectivity index (χ3n) is 2.50. The molecule has 0 radical (unpaired) electrons. The van der Waals surface area contributed by atoms with Crippen LogP contribution in [0.3, 0.4) is 0 Å². The van der Waals surface area contributed by atoms with Crippen LogP contribution in [0.1, 0.15) is 28.8 Å². The van der Waals surface area contributed by atoms with Gasteiger partial charge in [0.05, 0.1) is 11.4 Å². The molecule has 0 aromatic carbocycles. The predicted molar refractivity (Wildman–Crippen MR) is 72.1 cm³/mol. The average Bonchev–Trinajstić information content (AvgIpc) is 2.68. The molecule has 0 saturated carbocycles. The van der Waals surface area contributed by atoms with Crippen molar-refractivity contribution in [1.29, 1.82) is 0 Å². The van der Waals surface area contributed by atoms with Gasteiger partial charge in [-0.3, -0.25) is 15.2 Å². The number of halogens is 1. The number of nitrogens with two attached hydrogens (primary N) is 1. The Morgan fingerprint density at radius 3 is 2.84 bits per heavy atom. The number of nitrogen functional groups attached to an aromatic ring is 1. The SMILES string of the molecule is CCc1[nH]nc(C(=O)Nc2nc(C)cc(Cl)n2)c1N. The van der Waals surface area contributed by atoms with Crippen LogP contribution < -0.4 is 11.1 Å². The molecule has 7 nitrogen and oxygen atoms in total. The first kappa shape index (κ1) is 13.3. The molecule has 0 spiro atoms. The number of nitrogens with zero attached hydrogens (tertiary/aromatic N) is 3. The Bertz CT molecular complexity index is 603. The van der Waals surface area contributed by atoms with Gasteiger partial charge >= 0.3 is 0 Å². The third-order valence-corrected chi connectivity index (χ3v) is 2.69. The van der Waals surface area contributed by atoms with Gasteiger partial charge in [0.2, 0.25) is 5.95 Å². The molecule has 0 bridgehead atoms. The van der Waals surface area contributed by atoms with Gasteiger partial charge in [-0.1, -0.05) is 18.5 Å². The quantitative estimate of drug-likeness (QED) is 0.739. The van der Waals surface area contributed by atoms with E-state index >= 15 is 0 Å². The molecular formula is C11H13ClN6O. The first-order valence-corrected chi connectivity index (χ1v) is 6.04. The van der Waals surface area contributed by atoms with Gasteiger partial charge in [-0.05, 0) is 19.4 Å². The number of carbonyl (C=O) groups is 1. The lowest BCUT2D eigenvalue weighted by atomic mass is 10.2. The third kappa shape index (κ3) is 2.82. The Morgan fingerprint density at radius 2 is 2.26 bits per heavy atom. The highest BCUT2D eigenvalue weighted by Crippen LogP contribution is 2.16. The van der Waals surface area contributed by atoms with Crippen LogP contribution >= 0.6 is 11.6 Å². The van der Waals surface area contributed by atoms with Gasteiger partial charge in [0, 0.05) is 5.69 Å². The van der Waals surface area contributed by atoms with Crippen LogP contribution in [0.15, 0.2) is 6.07 Å². The fourth-order valence-corrected chi connectivity index (χ4v) is 1.81. The van der Waals surface area contributed by atoms with E-state index in [1.807, 2.05) is 6.92 Å². The van der Waals surface area contributed by atoms with E-state index in [2.05, 4.69) is 25.5 Å². The van der Waals surface area contributed by atoms with Crippen molar-refractivity contribution in [3.63, 3.8) is 0 Å². The van der Waals surface area contributed by atoms with E-state index in [1.54, 1.807) is 13.0 Å². The second kappa shape index (κ2) is 5.23. The van der Waals surface area contributed by atoms with Gasteiger partial charge in [-0.25, -0.2) is 9.97 Å². The lowest BCUT2D eigenvalue weighted by Gasteiger charge is -2.03. The molecule has 2 aromatic rings. The largest absolute Gasteiger partial charge is 0.395 e. The minimum Gasteiger partial charge on any atom is -0.395 e. The second-order valence-electron chi connectivity index (χ2n) is 3.93. The molecule has 2 rings (SSSR count). The lowest BCUT2D eigenvalue weighted by Crippen LogP contribution is -2.16. The molecule has 0 saturated heterocycles. The molecule has 100 valence electrons. The minimum atomic E-state index is -0.477. The summed E-state index contributed by atoms with van der Waals surface area (Å²) < 4.78 is 0. The zero-order chi connectivity index (χ0) is 14.0. The molecule has 1 amide bonds. The Kier molecular flexibility index (Phi) is 3.66. The first-order chi connectivity index (χ1) is 9.01. The molecule has 0 aliphatic heterocycles. The summed E-state index contributed by atoms with van der Waals surface area (Å²) in [7, 11) is 0. The van der Waals surface area contributed by atoms with Gasteiger partial charge in [-0.2, -0.15) is 5.10 Å². The van der Waals surface area contributed by atoms with Crippen molar-refractivity contribution in [2.24, 2.45) is 0 Å². The molecule has 0 fully saturated rings. The number of H-pyrrole nitrogens is 1. The van der Waals surface area contributed by atoms with E-state index in [4.69, 9.17) is 17.3 Å². The molecular weight excluding hydrogens is 268 g/mol. The maximum atomic E-state index is 12.0. The van der Waals surface area contributed by atoms with E-state index in [9.17, 15) is 4.79 Å². The molecule has 0 unspecified atom stereocenters. The van der Waals surface area contributed by atoms with Gasteiger partial charge in [0.25, 0.3) is 5.91 Å². The normalized spacial score (nSPS) is 10.5. The van der Waals surface area contributed by atoms with Crippen LogP contribution in [0.4, 0.5) is 11.6 Å². The zero-order valence-corrected chi connectivity index (χ0v) is 11.2. The van der Waals surface area contributed by atoms with Gasteiger partial charge in [0.1, 0.15) is 5.15 Å². The summed E-state index contributed by atoms with van der Waals surface area (Å²) in [5.74, 6) is -0.356. The highest BCUT2D eigenvalue weighted by Gasteiger charge is 2.17. The number of amides is 1. The van der Waals surface area contributed by atoms with Gasteiger partial charge in [-0.15, -0.1) is 0 Å². The highest BCUT2D eigenvalue weighted by molar-refractivity contribution is 6.29. The maximum absolute atomic E-state index is 12.0. The lowest BCUT2D eigenvalue weighted by molar-refractivity contribution is 0.102. The fourth-order valence-electron chi connectivity index (χ4n) is 1.58. The number of anilines is 2. The van der Waals surface area contributed by atoms with Gasteiger partial charge < -0.3 is 5.73 Å². The van der Waals surface area contributed by atoms with Crippen LogP contribution in [0, 0.1) is 6.92 Å². The molecule has 2 heterocycles. The van der Waals surface area contributed by atoms with Crippen molar-refractivity contribution in [2.75, 3.05) is 11.1 Å². The van der Waals surface area contributed by atoms with Crippen molar-refractivity contribution < 1.29 is 4.79 Å². The summed E-state index contributed by atoms with van der Waals surface area (Å²) in [5.41, 5.74) is 7.63. The van der Waals surface area contributed by atoms with Crippen molar-refractivity contribution >= 4 is 29.1 Å². The number of hydrogen-bond donors (Lipinski definition) is 3. The van der Waals surface area contributed by atoms with Crippen LogP contribution in [0.25, 0.3) is 0 Å². The number of carbonyl (C=O) groups excluding carboxylic acids is 1. The van der Waals surface area contributed by atoms with E-state index in [1.165, 1.54) is 0 Å². The van der Waals surface area contributed by atoms with Crippen molar-refractivity contribution in [1.82, 2.24) is 20.2 Å². The molecule has 0 aliphatic rings. The molecule has 2 aromatic heterocycles. The van der Waals surface area contributed by atoms with Crippen molar-refractivity contribution in [2.45, 2.75) is 20.3 Å². The smallest absolute Gasteiger partial charge is 0.280 e. The predicted octanol–water partition coefficient (Wildman–Crippen LogP) is 1.56. The Morgan fingerprint density at radius 1 is 1.53 bits per heavy atom. The fraction of sp³-hybridized carbons (Fsp3) is 0.273. The second-order valence-corrected chi connectivity index (χ2v) is 4.32. The van der Waals surface area contributed by atoms with E-state index in [-0.39, 0.29) is 16.8 Å². The van der Waals surface area contributed by atoms with E-state index in [0.29, 0.717) is 23.5 Å². The van der Waals surface area contributed by atoms with Crippen LogP contribution in [0.2, 0.25) is 5.15 Å². The number of aromatic amines is 1. The van der Waals surface area contributed by atoms with Crippen molar-refractivity contribution in [3.8, 4) is 0 Å². The molecule has 0 aliphatic carbocycles. The summed E-state index contributed by atoms with van der Waals surface area (Å²) in [6.45, 7) is 3.66. The minimum absolute atomic E-state index is 0.121. The topological polar surface area (TPSA) is 110 Å². The highest BCUT2D eigenvalue weighted by atomic mass is 35.5. The maximum Gasteiger partial charge on any atom is 0.280 e. The van der Waals surface area contributed by atoms with Crippen LogP contribution in [-0.2, 0) is 6.42 Å². The number of hydrogen-bond acceptors (Lipinski definition) is 5. The van der Waals surface area contributed by atoms with E-state index < -0.39 is 5.91 Å².